The molecule has 1 heterocycles. The van der Waals surface area contributed by atoms with Gasteiger partial charge >= 0.3 is 0 Å². The van der Waals surface area contributed by atoms with E-state index in [0.717, 1.165) is 11.0 Å². The molecule has 2 nitrogen and oxygen atoms in total. The van der Waals surface area contributed by atoms with Crippen molar-refractivity contribution in [3.63, 3.8) is 0 Å². The summed E-state index contributed by atoms with van der Waals surface area (Å²) in [6.07, 6.45) is 2.53. The van der Waals surface area contributed by atoms with Crippen molar-refractivity contribution in [3.05, 3.63) is 28.2 Å². The van der Waals surface area contributed by atoms with Crippen LogP contribution in [0, 0.1) is 0 Å². The maximum absolute atomic E-state index is 5.90. The average molecular weight is 297 g/mol. The van der Waals surface area contributed by atoms with Crippen LogP contribution in [0.4, 0.5) is 5.69 Å². The summed E-state index contributed by atoms with van der Waals surface area (Å²) in [7, 11) is 0. The van der Waals surface area contributed by atoms with Crippen LogP contribution in [-0.4, -0.2) is 12.1 Å². The van der Waals surface area contributed by atoms with Crippen molar-refractivity contribution in [2.24, 2.45) is 5.73 Å². The van der Waals surface area contributed by atoms with E-state index in [-0.39, 0.29) is 11.6 Å². The first-order chi connectivity index (χ1) is 7.92. The maximum atomic E-state index is 5.90. The molecule has 0 amide bonds. The predicted octanol–water partition coefficient (Wildman–Crippen LogP) is 3.85. The molecule has 0 spiro atoms. The van der Waals surface area contributed by atoms with Crippen LogP contribution < -0.4 is 10.6 Å². The van der Waals surface area contributed by atoms with E-state index in [2.05, 4.69) is 52.9 Å². The van der Waals surface area contributed by atoms with E-state index < -0.39 is 0 Å². The van der Waals surface area contributed by atoms with Crippen LogP contribution >= 0.6 is 15.9 Å². The van der Waals surface area contributed by atoms with Gasteiger partial charge in [-0.15, -0.1) is 0 Å². The van der Waals surface area contributed by atoms with E-state index in [1.165, 1.54) is 24.1 Å². The summed E-state index contributed by atoms with van der Waals surface area (Å²) in [5.74, 6) is 0. The third kappa shape index (κ3) is 2.50. The third-order valence-electron chi connectivity index (χ3n) is 3.69. The van der Waals surface area contributed by atoms with Gasteiger partial charge in [-0.3, -0.25) is 0 Å². The number of anilines is 1. The third-order valence-corrected chi connectivity index (χ3v) is 4.32. The molecule has 1 saturated heterocycles. The molecule has 2 rings (SSSR count). The number of hydrogen-bond acceptors (Lipinski definition) is 2. The van der Waals surface area contributed by atoms with Crippen LogP contribution in [0.3, 0.4) is 0 Å². The highest BCUT2D eigenvalue weighted by atomic mass is 79.9. The molecule has 0 aliphatic carbocycles. The first kappa shape index (κ1) is 12.9. The number of benzene rings is 1. The van der Waals surface area contributed by atoms with Crippen molar-refractivity contribution in [1.82, 2.24) is 0 Å². The number of rotatable bonds is 2. The SMILES string of the molecule is C[C@@H](N)c1ccc(N2CCCC2(C)C)c(Br)c1. The minimum atomic E-state index is 0.0898. The van der Waals surface area contributed by atoms with Crippen LogP contribution in [-0.2, 0) is 0 Å². The molecule has 94 valence electrons. The van der Waals surface area contributed by atoms with Crippen LogP contribution in [0.15, 0.2) is 22.7 Å². The van der Waals surface area contributed by atoms with Crippen LogP contribution in [0.2, 0.25) is 0 Å². The molecule has 1 atom stereocenters. The quantitative estimate of drug-likeness (QED) is 0.898. The van der Waals surface area contributed by atoms with E-state index in [1.54, 1.807) is 0 Å². The van der Waals surface area contributed by atoms with Gasteiger partial charge in [-0.05, 0) is 67.2 Å². The molecule has 1 aromatic carbocycles. The van der Waals surface area contributed by atoms with Gasteiger partial charge in [0, 0.05) is 22.6 Å². The van der Waals surface area contributed by atoms with Crippen molar-refractivity contribution in [3.8, 4) is 0 Å². The summed E-state index contributed by atoms with van der Waals surface area (Å²) in [4.78, 5) is 2.49. The van der Waals surface area contributed by atoms with Crippen LogP contribution in [0.25, 0.3) is 0 Å². The standard InChI is InChI=1S/C14H21BrN2/c1-10(16)11-5-6-13(12(15)9-11)17-8-4-7-14(17,2)3/h5-6,9-10H,4,7-8,16H2,1-3H3/t10-/m1/s1. The predicted molar refractivity (Wildman–Crippen MR) is 77.4 cm³/mol. The molecule has 0 bridgehead atoms. The summed E-state index contributed by atoms with van der Waals surface area (Å²) >= 11 is 3.68. The van der Waals surface area contributed by atoms with Gasteiger partial charge in [-0.25, -0.2) is 0 Å². The number of halogens is 1. The fraction of sp³-hybridized carbons (Fsp3) is 0.571. The zero-order valence-electron chi connectivity index (χ0n) is 10.8. The molecule has 17 heavy (non-hydrogen) atoms. The average Bonchev–Trinajstić information content (AvgIpc) is 2.58. The Kier molecular flexibility index (Phi) is 3.50. The molecule has 2 N–H and O–H groups in total. The number of nitrogens with two attached hydrogens (primary N) is 1. The topological polar surface area (TPSA) is 29.3 Å². The Morgan fingerprint density at radius 2 is 2.12 bits per heavy atom. The monoisotopic (exact) mass is 296 g/mol. The first-order valence-electron chi connectivity index (χ1n) is 6.24. The highest BCUT2D eigenvalue weighted by Crippen LogP contribution is 2.38. The minimum absolute atomic E-state index is 0.0898. The molecule has 1 aliphatic rings. The summed E-state index contributed by atoms with van der Waals surface area (Å²) in [6.45, 7) is 7.78. The van der Waals surface area contributed by atoms with Crippen molar-refractivity contribution < 1.29 is 0 Å². The summed E-state index contributed by atoms with van der Waals surface area (Å²) in [5, 5.41) is 0. The second-order valence-corrected chi connectivity index (χ2v) is 6.42. The molecule has 0 radical (unpaired) electrons. The molecule has 1 aromatic rings. The van der Waals surface area contributed by atoms with Gasteiger partial charge in [-0.2, -0.15) is 0 Å². The molecule has 3 heteroatoms. The van der Waals surface area contributed by atoms with Crippen molar-refractivity contribution in [2.75, 3.05) is 11.4 Å². The maximum Gasteiger partial charge on any atom is 0.0515 e. The Hall–Kier alpha value is -0.540. The van der Waals surface area contributed by atoms with E-state index in [1.807, 2.05) is 6.92 Å². The second kappa shape index (κ2) is 4.62. The highest BCUT2D eigenvalue weighted by Gasteiger charge is 2.32. The highest BCUT2D eigenvalue weighted by molar-refractivity contribution is 9.10. The molecular formula is C14H21BrN2. The summed E-state index contributed by atoms with van der Waals surface area (Å²) in [5.41, 5.74) is 8.63. The van der Waals surface area contributed by atoms with Gasteiger partial charge in [0.2, 0.25) is 0 Å². The van der Waals surface area contributed by atoms with Gasteiger partial charge in [-0.1, -0.05) is 6.07 Å². The Morgan fingerprint density at radius 3 is 2.59 bits per heavy atom. The van der Waals surface area contributed by atoms with Gasteiger partial charge < -0.3 is 10.6 Å². The second-order valence-electron chi connectivity index (χ2n) is 5.57. The summed E-state index contributed by atoms with van der Waals surface area (Å²) in [6, 6.07) is 6.57. The van der Waals surface area contributed by atoms with E-state index >= 15 is 0 Å². The van der Waals surface area contributed by atoms with Crippen molar-refractivity contribution in [1.29, 1.82) is 0 Å². The zero-order chi connectivity index (χ0) is 12.6. The molecule has 0 unspecified atom stereocenters. The Balaban J connectivity index is 2.34. The van der Waals surface area contributed by atoms with Crippen LogP contribution in [0.5, 0.6) is 0 Å². The molecule has 1 fully saturated rings. The summed E-state index contributed by atoms with van der Waals surface area (Å²) < 4.78 is 1.15. The van der Waals surface area contributed by atoms with E-state index in [9.17, 15) is 0 Å². The van der Waals surface area contributed by atoms with E-state index in [0.29, 0.717) is 0 Å². The van der Waals surface area contributed by atoms with Crippen molar-refractivity contribution >= 4 is 21.6 Å². The molecular weight excluding hydrogens is 276 g/mol. The smallest absolute Gasteiger partial charge is 0.0515 e. The van der Waals surface area contributed by atoms with Gasteiger partial charge in [0.15, 0.2) is 0 Å². The lowest BCUT2D eigenvalue weighted by molar-refractivity contribution is 0.517. The normalized spacial score (nSPS) is 20.6. The number of hydrogen-bond donors (Lipinski definition) is 1. The Bertz CT molecular complexity index is 413. The Labute approximate surface area is 112 Å². The zero-order valence-corrected chi connectivity index (χ0v) is 12.4. The minimum Gasteiger partial charge on any atom is -0.366 e. The molecule has 1 aliphatic heterocycles. The lowest BCUT2D eigenvalue weighted by Gasteiger charge is -2.34. The molecule has 0 aromatic heterocycles. The van der Waals surface area contributed by atoms with Crippen molar-refractivity contribution in [2.45, 2.75) is 45.2 Å². The van der Waals surface area contributed by atoms with Gasteiger partial charge in [0.05, 0.1) is 5.69 Å². The van der Waals surface area contributed by atoms with E-state index in [4.69, 9.17) is 5.73 Å². The fourth-order valence-electron chi connectivity index (χ4n) is 2.58. The molecule has 0 saturated carbocycles. The van der Waals surface area contributed by atoms with Crippen LogP contribution in [0.1, 0.15) is 45.2 Å². The fourth-order valence-corrected chi connectivity index (χ4v) is 3.19. The lowest BCUT2D eigenvalue weighted by Crippen LogP contribution is -2.38. The Morgan fingerprint density at radius 1 is 1.41 bits per heavy atom. The number of nitrogens with zero attached hydrogens (tertiary/aromatic N) is 1. The van der Waals surface area contributed by atoms with Gasteiger partial charge in [0.1, 0.15) is 0 Å². The lowest BCUT2D eigenvalue weighted by atomic mass is 10.0. The first-order valence-corrected chi connectivity index (χ1v) is 7.04. The van der Waals surface area contributed by atoms with Gasteiger partial charge in [0.25, 0.3) is 0 Å². The largest absolute Gasteiger partial charge is 0.366 e.